The van der Waals surface area contributed by atoms with Crippen molar-refractivity contribution in [2.75, 3.05) is 41.2 Å². The van der Waals surface area contributed by atoms with Crippen LogP contribution >= 0.6 is 11.6 Å². The van der Waals surface area contributed by atoms with Gasteiger partial charge in [0.25, 0.3) is 0 Å². The van der Waals surface area contributed by atoms with Crippen molar-refractivity contribution in [2.24, 2.45) is 0 Å². The molecule has 0 heterocycles. The lowest BCUT2D eigenvalue weighted by Gasteiger charge is -2.17. The number of methoxy groups -OCH3 is 3. The molecular weight excluding hydrogens is 338 g/mol. The fourth-order valence-electron chi connectivity index (χ4n) is 1.95. The van der Waals surface area contributed by atoms with E-state index in [1.165, 1.54) is 21.3 Å². The van der Waals surface area contributed by atoms with Gasteiger partial charge in [0, 0.05) is 13.5 Å². The molecule has 0 aliphatic heterocycles. The Balaban J connectivity index is 2.67. The monoisotopic (exact) mass is 359 g/mol. The molecule has 0 saturated carbocycles. The van der Waals surface area contributed by atoms with Crippen LogP contribution in [-0.2, 0) is 30.2 Å². The van der Waals surface area contributed by atoms with Gasteiger partial charge in [-0.05, 0) is 17.7 Å². The molecule has 0 spiro atoms. The highest BCUT2D eigenvalue weighted by molar-refractivity contribution is 6.32. The number of hydrogen-bond donors (Lipinski definition) is 1. The number of amides is 1. The average Bonchev–Trinajstić information content (AvgIpc) is 2.57. The lowest BCUT2D eigenvalue weighted by atomic mass is 10.1. The van der Waals surface area contributed by atoms with Crippen molar-refractivity contribution < 1.29 is 28.5 Å². The van der Waals surface area contributed by atoms with Gasteiger partial charge in [-0.1, -0.05) is 17.7 Å². The molecule has 1 N–H and O–H groups in total. The Morgan fingerprint density at radius 1 is 1.21 bits per heavy atom. The number of benzene rings is 1. The van der Waals surface area contributed by atoms with E-state index in [2.05, 4.69) is 5.32 Å². The summed E-state index contributed by atoms with van der Waals surface area (Å²) >= 11 is 6.07. The van der Waals surface area contributed by atoms with Crippen molar-refractivity contribution >= 4 is 23.5 Å². The van der Waals surface area contributed by atoms with Gasteiger partial charge in [0.05, 0.1) is 32.5 Å². The van der Waals surface area contributed by atoms with Crippen LogP contribution in [0.4, 0.5) is 0 Å². The van der Waals surface area contributed by atoms with Gasteiger partial charge in [0.2, 0.25) is 5.91 Å². The molecule has 0 saturated heterocycles. The minimum atomic E-state index is -0.835. The van der Waals surface area contributed by atoms with Gasteiger partial charge in [0.1, 0.15) is 18.4 Å². The van der Waals surface area contributed by atoms with Crippen molar-refractivity contribution in [3.05, 3.63) is 28.8 Å². The summed E-state index contributed by atoms with van der Waals surface area (Å²) in [7, 11) is 4.32. The van der Waals surface area contributed by atoms with Gasteiger partial charge in [0.15, 0.2) is 0 Å². The van der Waals surface area contributed by atoms with E-state index in [9.17, 15) is 9.59 Å². The lowest BCUT2D eigenvalue weighted by Crippen LogP contribution is -2.44. The van der Waals surface area contributed by atoms with Crippen LogP contribution in [0.2, 0.25) is 5.02 Å². The zero-order valence-electron chi connectivity index (χ0n) is 14.0. The molecule has 1 amide bonds. The topological polar surface area (TPSA) is 83.1 Å². The molecule has 0 bridgehead atoms. The smallest absolute Gasteiger partial charge is 0.328 e. The van der Waals surface area contributed by atoms with Gasteiger partial charge in [-0.25, -0.2) is 4.79 Å². The number of carbonyl (C=O) groups is 2. The molecule has 0 unspecified atom stereocenters. The van der Waals surface area contributed by atoms with Crippen LogP contribution in [-0.4, -0.2) is 59.1 Å². The normalized spacial score (nSPS) is 11.7. The summed E-state index contributed by atoms with van der Waals surface area (Å²) in [5, 5.41) is 3.01. The molecule has 1 aromatic rings. The van der Waals surface area contributed by atoms with Crippen LogP contribution in [0, 0.1) is 0 Å². The van der Waals surface area contributed by atoms with Gasteiger partial charge in [-0.15, -0.1) is 0 Å². The minimum Gasteiger partial charge on any atom is -0.495 e. The molecule has 0 radical (unpaired) electrons. The van der Waals surface area contributed by atoms with E-state index in [-0.39, 0.29) is 13.0 Å². The van der Waals surface area contributed by atoms with E-state index < -0.39 is 17.9 Å². The first-order valence-corrected chi connectivity index (χ1v) is 7.65. The second-order valence-corrected chi connectivity index (χ2v) is 5.27. The van der Waals surface area contributed by atoms with E-state index in [1.54, 1.807) is 18.2 Å². The average molecular weight is 360 g/mol. The number of halogens is 1. The summed E-state index contributed by atoms with van der Waals surface area (Å²) in [6.45, 7) is 0.513. The van der Waals surface area contributed by atoms with Gasteiger partial charge in [-0.3, -0.25) is 4.79 Å². The predicted octanol–water partition coefficient (Wildman–Crippen LogP) is 1.21. The molecule has 1 aromatic carbocycles. The van der Waals surface area contributed by atoms with Crippen molar-refractivity contribution in [1.29, 1.82) is 0 Å². The summed E-state index contributed by atoms with van der Waals surface area (Å²) in [5.74, 6) is -0.432. The first-order valence-electron chi connectivity index (χ1n) is 7.28. The number of hydrogen-bond acceptors (Lipinski definition) is 6. The quantitative estimate of drug-likeness (QED) is 0.499. The van der Waals surface area contributed by atoms with E-state index in [4.69, 9.17) is 30.5 Å². The van der Waals surface area contributed by atoms with Crippen molar-refractivity contribution in [3.8, 4) is 5.75 Å². The standard InChI is InChI=1S/C16H22ClNO6/c1-21-6-7-24-10-15(19)18-13(16(20)23-3)9-11-4-5-14(22-2)12(17)8-11/h4-5,8,13H,6-7,9-10H2,1-3H3,(H,18,19)/t13-/m1/s1. The Kier molecular flexibility index (Phi) is 9.14. The Bertz CT molecular complexity index is 551. The van der Waals surface area contributed by atoms with Gasteiger partial charge in [-0.2, -0.15) is 0 Å². The summed E-state index contributed by atoms with van der Waals surface area (Å²) < 4.78 is 19.8. The summed E-state index contributed by atoms with van der Waals surface area (Å²) in [5.41, 5.74) is 0.761. The Hall–Kier alpha value is -1.83. The second-order valence-electron chi connectivity index (χ2n) is 4.86. The Labute approximate surface area is 146 Å². The third-order valence-corrected chi connectivity index (χ3v) is 3.44. The first kappa shape index (κ1) is 20.2. The highest BCUT2D eigenvalue weighted by Crippen LogP contribution is 2.25. The molecule has 7 nitrogen and oxygen atoms in total. The number of rotatable bonds is 10. The molecule has 0 aliphatic carbocycles. The van der Waals surface area contributed by atoms with Crippen molar-refractivity contribution in [1.82, 2.24) is 5.32 Å². The second kappa shape index (κ2) is 10.9. The fraction of sp³-hybridized carbons (Fsp3) is 0.500. The summed E-state index contributed by atoms with van der Waals surface area (Å²) in [4.78, 5) is 23.7. The summed E-state index contributed by atoms with van der Waals surface area (Å²) in [6.07, 6.45) is 0.236. The molecule has 0 fully saturated rings. The largest absolute Gasteiger partial charge is 0.495 e. The SMILES string of the molecule is COCCOCC(=O)N[C@H](Cc1ccc(OC)c(Cl)c1)C(=O)OC. The van der Waals surface area contributed by atoms with Crippen LogP contribution in [0.25, 0.3) is 0 Å². The Morgan fingerprint density at radius 3 is 2.54 bits per heavy atom. The molecule has 134 valence electrons. The van der Waals surface area contributed by atoms with E-state index >= 15 is 0 Å². The number of ether oxygens (including phenoxy) is 4. The maximum atomic E-state index is 11.9. The summed E-state index contributed by atoms with van der Waals surface area (Å²) in [6, 6.07) is 4.30. The Morgan fingerprint density at radius 2 is 1.96 bits per heavy atom. The van der Waals surface area contributed by atoms with Crippen LogP contribution in [0.5, 0.6) is 5.75 Å². The fourth-order valence-corrected chi connectivity index (χ4v) is 2.23. The van der Waals surface area contributed by atoms with Crippen LogP contribution in [0.1, 0.15) is 5.56 Å². The minimum absolute atomic E-state index is 0.166. The predicted molar refractivity (Wildman–Crippen MR) is 88.3 cm³/mol. The first-order chi connectivity index (χ1) is 11.5. The molecule has 1 rings (SSSR count). The zero-order valence-corrected chi connectivity index (χ0v) is 14.7. The maximum absolute atomic E-state index is 11.9. The molecule has 0 aromatic heterocycles. The number of carbonyl (C=O) groups excluding carboxylic acids is 2. The van der Waals surface area contributed by atoms with Gasteiger partial charge < -0.3 is 24.3 Å². The van der Waals surface area contributed by atoms with E-state index in [0.717, 1.165) is 5.56 Å². The number of nitrogens with one attached hydrogen (secondary N) is 1. The van der Waals surface area contributed by atoms with Gasteiger partial charge >= 0.3 is 5.97 Å². The molecule has 0 aliphatic rings. The van der Waals surface area contributed by atoms with E-state index in [1.807, 2.05) is 0 Å². The van der Waals surface area contributed by atoms with Crippen molar-refractivity contribution in [3.63, 3.8) is 0 Å². The van der Waals surface area contributed by atoms with E-state index in [0.29, 0.717) is 24.0 Å². The lowest BCUT2D eigenvalue weighted by molar-refractivity contribution is -0.145. The highest BCUT2D eigenvalue weighted by Gasteiger charge is 2.22. The third-order valence-electron chi connectivity index (χ3n) is 3.14. The molecule has 24 heavy (non-hydrogen) atoms. The van der Waals surface area contributed by atoms with Crippen LogP contribution < -0.4 is 10.1 Å². The van der Waals surface area contributed by atoms with Crippen LogP contribution in [0.3, 0.4) is 0 Å². The molecular formula is C16H22ClNO6. The maximum Gasteiger partial charge on any atom is 0.328 e. The molecule has 8 heteroatoms. The number of esters is 1. The molecule has 1 atom stereocenters. The van der Waals surface area contributed by atoms with Crippen LogP contribution in [0.15, 0.2) is 18.2 Å². The zero-order chi connectivity index (χ0) is 17.9. The highest BCUT2D eigenvalue weighted by atomic mass is 35.5. The third kappa shape index (κ3) is 6.74. The van der Waals surface area contributed by atoms with Crippen molar-refractivity contribution in [2.45, 2.75) is 12.5 Å².